The average Bonchev–Trinajstić information content (AvgIpc) is 2.90. The molecule has 3 amide bonds. The molecule has 2 aromatic rings. The van der Waals surface area contributed by atoms with E-state index in [0.717, 1.165) is 49.0 Å². The fraction of sp³-hybridized carbons (Fsp3) is 0.531. The van der Waals surface area contributed by atoms with Crippen molar-refractivity contribution in [1.29, 1.82) is 0 Å². The van der Waals surface area contributed by atoms with Gasteiger partial charge < -0.3 is 25.0 Å². The van der Waals surface area contributed by atoms with Crippen molar-refractivity contribution in [2.45, 2.75) is 90.0 Å². The number of hydrogen-bond donors (Lipinski definition) is 2. The van der Waals surface area contributed by atoms with Crippen molar-refractivity contribution in [3.05, 3.63) is 65.7 Å². The van der Waals surface area contributed by atoms with Crippen molar-refractivity contribution in [3.8, 4) is 5.75 Å². The van der Waals surface area contributed by atoms with Crippen LogP contribution < -0.4 is 15.4 Å². The molecule has 1 heterocycles. The standard InChI is InChI=1S/C32H43N3O5/c1-32(2,3)40-31(38)35-18-16-24(17-19-35)21-29(36)34-28(30(37)33-26-10-7-11-26)20-23-12-14-27(15-13-23)39-22-25-8-5-4-6-9-25/h4-6,8-9,12-15,24,26,28H,7,10-11,16-22H2,1-3H3,(H,33,37)(H,34,36)/t28-/m0/s1. The quantitative estimate of drug-likeness (QED) is 0.435. The molecule has 1 aliphatic heterocycles. The molecule has 2 aromatic carbocycles. The molecule has 8 nitrogen and oxygen atoms in total. The Bertz CT molecular complexity index is 1120. The molecule has 8 heteroatoms. The van der Waals surface area contributed by atoms with Gasteiger partial charge in [-0.15, -0.1) is 0 Å². The Labute approximate surface area is 237 Å². The Balaban J connectivity index is 1.29. The highest BCUT2D eigenvalue weighted by molar-refractivity contribution is 5.88. The van der Waals surface area contributed by atoms with Gasteiger partial charge in [-0.25, -0.2) is 4.79 Å². The summed E-state index contributed by atoms with van der Waals surface area (Å²) in [6, 6.07) is 17.2. The van der Waals surface area contributed by atoms with Gasteiger partial charge >= 0.3 is 6.09 Å². The zero-order valence-electron chi connectivity index (χ0n) is 24.0. The van der Waals surface area contributed by atoms with Gasteiger partial charge in [0, 0.05) is 32.0 Å². The third kappa shape index (κ3) is 9.28. The van der Waals surface area contributed by atoms with Crippen molar-refractivity contribution in [1.82, 2.24) is 15.5 Å². The predicted octanol–water partition coefficient (Wildman–Crippen LogP) is 5.00. The van der Waals surface area contributed by atoms with E-state index in [1.165, 1.54) is 0 Å². The molecule has 2 aliphatic rings. The van der Waals surface area contributed by atoms with Crippen LogP contribution in [0.25, 0.3) is 0 Å². The monoisotopic (exact) mass is 549 g/mol. The van der Waals surface area contributed by atoms with Gasteiger partial charge in [0.15, 0.2) is 0 Å². The number of rotatable bonds is 10. The zero-order chi connectivity index (χ0) is 28.5. The molecule has 4 rings (SSSR count). The third-order valence-corrected chi connectivity index (χ3v) is 7.46. The molecular weight excluding hydrogens is 506 g/mol. The number of likely N-dealkylation sites (tertiary alicyclic amines) is 1. The molecule has 216 valence electrons. The molecule has 0 spiro atoms. The highest BCUT2D eigenvalue weighted by Crippen LogP contribution is 2.23. The van der Waals surface area contributed by atoms with Crippen LogP contribution in [0.3, 0.4) is 0 Å². The highest BCUT2D eigenvalue weighted by atomic mass is 16.6. The molecule has 1 saturated carbocycles. The van der Waals surface area contributed by atoms with E-state index in [1.54, 1.807) is 4.90 Å². The number of piperidine rings is 1. The Morgan fingerprint density at radius 2 is 1.60 bits per heavy atom. The lowest BCUT2D eigenvalue weighted by molar-refractivity contribution is -0.130. The van der Waals surface area contributed by atoms with Crippen LogP contribution in [0.1, 0.15) is 70.4 Å². The Morgan fingerprint density at radius 3 is 2.20 bits per heavy atom. The third-order valence-electron chi connectivity index (χ3n) is 7.46. The Hall–Kier alpha value is -3.55. The van der Waals surface area contributed by atoms with Crippen molar-refractivity contribution in [3.63, 3.8) is 0 Å². The first-order chi connectivity index (χ1) is 19.1. The van der Waals surface area contributed by atoms with Crippen molar-refractivity contribution >= 4 is 17.9 Å². The maximum absolute atomic E-state index is 13.1. The number of benzene rings is 2. The van der Waals surface area contributed by atoms with E-state index in [0.29, 0.717) is 32.5 Å². The Morgan fingerprint density at radius 1 is 0.925 bits per heavy atom. The smallest absolute Gasteiger partial charge is 0.410 e. The topological polar surface area (TPSA) is 97.0 Å². The van der Waals surface area contributed by atoms with Gasteiger partial charge in [0.2, 0.25) is 11.8 Å². The summed E-state index contributed by atoms with van der Waals surface area (Å²) >= 11 is 0. The highest BCUT2D eigenvalue weighted by Gasteiger charge is 2.30. The van der Waals surface area contributed by atoms with Crippen LogP contribution in [-0.4, -0.2) is 53.6 Å². The van der Waals surface area contributed by atoms with Crippen molar-refractivity contribution < 1.29 is 23.9 Å². The number of carbonyl (C=O) groups is 3. The molecular formula is C32H43N3O5. The van der Waals surface area contributed by atoms with Crippen LogP contribution in [-0.2, 0) is 27.4 Å². The molecule has 0 radical (unpaired) electrons. The van der Waals surface area contributed by atoms with Crippen LogP contribution in [0.4, 0.5) is 4.79 Å². The van der Waals surface area contributed by atoms with Gasteiger partial charge in [0.25, 0.3) is 0 Å². The van der Waals surface area contributed by atoms with Crippen LogP contribution in [0, 0.1) is 5.92 Å². The fourth-order valence-corrected chi connectivity index (χ4v) is 4.92. The number of ether oxygens (including phenoxy) is 2. The largest absolute Gasteiger partial charge is 0.489 e. The maximum Gasteiger partial charge on any atom is 0.410 e. The minimum absolute atomic E-state index is 0.132. The zero-order valence-corrected chi connectivity index (χ0v) is 24.0. The molecule has 2 fully saturated rings. The second kappa shape index (κ2) is 13.7. The average molecular weight is 550 g/mol. The van der Waals surface area contributed by atoms with Gasteiger partial charge in [-0.3, -0.25) is 9.59 Å². The van der Waals surface area contributed by atoms with Crippen LogP contribution in [0.5, 0.6) is 5.75 Å². The van der Waals surface area contributed by atoms with E-state index in [9.17, 15) is 14.4 Å². The lowest BCUT2D eigenvalue weighted by Crippen LogP contribution is -2.52. The van der Waals surface area contributed by atoms with Gasteiger partial charge in [-0.1, -0.05) is 42.5 Å². The van der Waals surface area contributed by atoms with E-state index in [2.05, 4.69) is 10.6 Å². The van der Waals surface area contributed by atoms with E-state index < -0.39 is 11.6 Å². The first-order valence-electron chi connectivity index (χ1n) is 14.5. The molecule has 0 unspecified atom stereocenters. The minimum atomic E-state index is -0.647. The predicted molar refractivity (Wildman–Crippen MR) is 154 cm³/mol. The lowest BCUT2D eigenvalue weighted by Gasteiger charge is -2.33. The first kappa shape index (κ1) is 29.4. The van der Waals surface area contributed by atoms with E-state index in [-0.39, 0.29) is 29.9 Å². The second-order valence-corrected chi connectivity index (χ2v) is 12.0. The number of nitrogens with one attached hydrogen (secondary N) is 2. The molecule has 2 N–H and O–H groups in total. The first-order valence-corrected chi connectivity index (χ1v) is 14.5. The molecule has 1 aliphatic carbocycles. The van der Waals surface area contributed by atoms with Gasteiger partial charge in [-0.2, -0.15) is 0 Å². The summed E-state index contributed by atoms with van der Waals surface area (Å²) in [6.45, 7) is 7.18. The van der Waals surface area contributed by atoms with E-state index in [4.69, 9.17) is 9.47 Å². The second-order valence-electron chi connectivity index (χ2n) is 12.0. The fourth-order valence-electron chi connectivity index (χ4n) is 4.92. The summed E-state index contributed by atoms with van der Waals surface area (Å²) in [5.74, 6) is 0.648. The molecule has 40 heavy (non-hydrogen) atoms. The Kier molecular flexibility index (Phi) is 10.1. The number of carbonyl (C=O) groups excluding carboxylic acids is 3. The van der Waals surface area contributed by atoms with Crippen LogP contribution in [0.15, 0.2) is 54.6 Å². The lowest BCUT2D eigenvalue weighted by atomic mass is 9.92. The summed E-state index contributed by atoms with van der Waals surface area (Å²) in [5, 5.41) is 6.10. The molecule has 1 saturated heterocycles. The number of amides is 3. The maximum atomic E-state index is 13.1. The summed E-state index contributed by atoms with van der Waals surface area (Å²) in [7, 11) is 0. The van der Waals surface area contributed by atoms with Crippen LogP contribution >= 0.6 is 0 Å². The van der Waals surface area contributed by atoms with Crippen molar-refractivity contribution in [2.24, 2.45) is 5.92 Å². The number of nitrogens with zero attached hydrogens (tertiary/aromatic N) is 1. The molecule has 0 bridgehead atoms. The summed E-state index contributed by atoms with van der Waals surface area (Å²) in [6.07, 6.45) is 4.98. The SMILES string of the molecule is CC(C)(C)OC(=O)N1CCC(CC(=O)N[C@@H](Cc2ccc(OCc3ccccc3)cc2)C(=O)NC2CCC2)CC1. The summed E-state index contributed by atoms with van der Waals surface area (Å²) < 4.78 is 11.4. The van der Waals surface area contributed by atoms with Crippen molar-refractivity contribution in [2.75, 3.05) is 13.1 Å². The van der Waals surface area contributed by atoms with Crippen LogP contribution in [0.2, 0.25) is 0 Å². The number of hydrogen-bond acceptors (Lipinski definition) is 5. The molecule has 0 aromatic heterocycles. The molecule has 1 atom stereocenters. The summed E-state index contributed by atoms with van der Waals surface area (Å²) in [4.78, 5) is 40.2. The van der Waals surface area contributed by atoms with E-state index in [1.807, 2.05) is 75.4 Å². The normalized spacial score (nSPS) is 16.9. The van der Waals surface area contributed by atoms with Gasteiger partial charge in [0.05, 0.1) is 0 Å². The van der Waals surface area contributed by atoms with Gasteiger partial charge in [-0.05, 0) is 82.1 Å². The summed E-state index contributed by atoms with van der Waals surface area (Å²) in [5.41, 5.74) is 1.52. The minimum Gasteiger partial charge on any atom is -0.489 e. The van der Waals surface area contributed by atoms with Gasteiger partial charge in [0.1, 0.15) is 24.0 Å². The van der Waals surface area contributed by atoms with E-state index >= 15 is 0 Å².